The molecule has 0 aliphatic heterocycles. The summed E-state index contributed by atoms with van der Waals surface area (Å²) in [4.78, 5) is 16.5. The lowest BCUT2D eigenvalue weighted by Crippen LogP contribution is -2.34. The van der Waals surface area contributed by atoms with E-state index in [1.165, 1.54) is 0 Å². The van der Waals surface area contributed by atoms with Crippen LogP contribution in [0.5, 0.6) is 0 Å². The lowest BCUT2D eigenvalue weighted by Gasteiger charge is -2.15. The van der Waals surface area contributed by atoms with Crippen LogP contribution in [-0.2, 0) is 10.2 Å². The third-order valence-corrected chi connectivity index (χ3v) is 3.50. The third kappa shape index (κ3) is 3.42. The molecule has 2 unspecified atom stereocenters. The molecule has 2 atom stereocenters. The van der Waals surface area contributed by atoms with E-state index in [0.717, 1.165) is 11.1 Å². The highest BCUT2D eigenvalue weighted by molar-refractivity contribution is 5.94. The molecule has 114 valence electrons. The Hall–Kier alpha value is -1.88. The maximum Gasteiger partial charge on any atom is 0.228 e. The monoisotopic (exact) mass is 289 g/mol. The second-order valence-electron chi connectivity index (χ2n) is 6.59. The van der Waals surface area contributed by atoms with E-state index < -0.39 is 0 Å². The number of nitrogens with zero attached hydrogens (tertiary/aromatic N) is 1. The van der Waals surface area contributed by atoms with Gasteiger partial charge in [-0.15, -0.1) is 0 Å². The number of carbonyl (C=O) groups is 1. The van der Waals surface area contributed by atoms with Crippen LogP contribution in [0.4, 0.5) is 5.69 Å². The van der Waals surface area contributed by atoms with Crippen molar-refractivity contribution in [2.24, 2.45) is 11.7 Å². The SMILES string of the molecule is CC(N)C(C)C(=O)Nc1ccc2oc(C(C)(C)C)nc2c1. The number of anilines is 1. The molecule has 1 aromatic heterocycles. The number of rotatable bonds is 3. The molecular formula is C16H23N3O2. The lowest BCUT2D eigenvalue weighted by atomic mass is 9.97. The summed E-state index contributed by atoms with van der Waals surface area (Å²) >= 11 is 0. The Balaban J connectivity index is 2.25. The number of hydrogen-bond acceptors (Lipinski definition) is 4. The van der Waals surface area contributed by atoms with Gasteiger partial charge in [0.25, 0.3) is 0 Å². The molecule has 5 heteroatoms. The molecule has 1 aromatic carbocycles. The normalized spacial score (nSPS) is 15.0. The zero-order chi connectivity index (χ0) is 15.8. The maximum absolute atomic E-state index is 12.0. The van der Waals surface area contributed by atoms with Crippen LogP contribution in [0.3, 0.4) is 0 Å². The summed E-state index contributed by atoms with van der Waals surface area (Å²) in [5.74, 6) is 0.344. The van der Waals surface area contributed by atoms with Crippen LogP contribution in [0.2, 0.25) is 0 Å². The maximum atomic E-state index is 12.0. The van der Waals surface area contributed by atoms with Crippen molar-refractivity contribution in [2.45, 2.75) is 46.1 Å². The number of amides is 1. The summed E-state index contributed by atoms with van der Waals surface area (Å²) < 4.78 is 5.73. The zero-order valence-corrected chi connectivity index (χ0v) is 13.2. The average Bonchev–Trinajstić information content (AvgIpc) is 2.80. The van der Waals surface area contributed by atoms with Gasteiger partial charge in [0.15, 0.2) is 5.58 Å². The first-order valence-corrected chi connectivity index (χ1v) is 7.16. The van der Waals surface area contributed by atoms with Crippen molar-refractivity contribution in [3.63, 3.8) is 0 Å². The molecule has 21 heavy (non-hydrogen) atoms. The number of carbonyl (C=O) groups excluding carboxylic acids is 1. The molecule has 0 saturated carbocycles. The molecule has 5 nitrogen and oxygen atoms in total. The molecular weight excluding hydrogens is 266 g/mol. The van der Waals surface area contributed by atoms with E-state index in [-0.39, 0.29) is 23.3 Å². The van der Waals surface area contributed by atoms with Gasteiger partial charge in [-0.05, 0) is 25.1 Å². The molecule has 0 bridgehead atoms. The lowest BCUT2D eigenvalue weighted by molar-refractivity contribution is -0.119. The topological polar surface area (TPSA) is 81.2 Å². The molecule has 1 heterocycles. The highest BCUT2D eigenvalue weighted by atomic mass is 16.3. The molecule has 2 aromatic rings. The van der Waals surface area contributed by atoms with Crippen LogP contribution in [0, 0.1) is 5.92 Å². The molecule has 2 rings (SSSR count). The van der Waals surface area contributed by atoms with Crippen molar-refractivity contribution in [3.05, 3.63) is 24.1 Å². The number of hydrogen-bond donors (Lipinski definition) is 2. The summed E-state index contributed by atoms with van der Waals surface area (Å²) in [6, 6.07) is 5.27. The predicted molar refractivity (Wildman–Crippen MR) is 84.2 cm³/mol. The minimum absolute atomic E-state index is 0.0936. The van der Waals surface area contributed by atoms with Gasteiger partial charge in [0.2, 0.25) is 11.8 Å². The quantitative estimate of drug-likeness (QED) is 0.910. The first kappa shape index (κ1) is 15.5. The Morgan fingerprint density at radius 3 is 2.57 bits per heavy atom. The van der Waals surface area contributed by atoms with Gasteiger partial charge >= 0.3 is 0 Å². The smallest absolute Gasteiger partial charge is 0.228 e. The Labute approximate surface area is 124 Å². The van der Waals surface area contributed by atoms with Crippen molar-refractivity contribution in [1.82, 2.24) is 4.98 Å². The van der Waals surface area contributed by atoms with Crippen LogP contribution in [0.25, 0.3) is 11.1 Å². The van der Waals surface area contributed by atoms with Crippen LogP contribution in [-0.4, -0.2) is 16.9 Å². The van der Waals surface area contributed by atoms with Gasteiger partial charge in [-0.25, -0.2) is 4.98 Å². The van der Waals surface area contributed by atoms with Gasteiger partial charge in [-0.1, -0.05) is 27.7 Å². The minimum Gasteiger partial charge on any atom is -0.440 e. The average molecular weight is 289 g/mol. The van der Waals surface area contributed by atoms with Gasteiger partial charge in [-0.2, -0.15) is 0 Å². The molecule has 0 spiro atoms. The second-order valence-corrected chi connectivity index (χ2v) is 6.59. The predicted octanol–water partition coefficient (Wildman–Crippen LogP) is 3.05. The fraction of sp³-hybridized carbons (Fsp3) is 0.500. The van der Waals surface area contributed by atoms with Crippen LogP contribution in [0.1, 0.15) is 40.5 Å². The number of nitrogens with two attached hydrogens (primary N) is 1. The van der Waals surface area contributed by atoms with Crippen molar-refractivity contribution in [2.75, 3.05) is 5.32 Å². The third-order valence-electron chi connectivity index (χ3n) is 3.50. The van der Waals surface area contributed by atoms with Crippen molar-refractivity contribution in [1.29, 1.82) is 0 Å². The van der Waals surface area contributed by atoms with E-state index >= 15 is 0 Å². The standard InChI is InChI=1S/C16H23N3O2/c1-9(10(2)17)14(20)18-11-6-7-13-12(8-11)19-15(21-13)16(3,4)5/h6-10H,17H2,1-5H3,(H,18,20). The van der Waals surface area contributed by atoms with Gasteiger partial charge in [0.05, 0.1) is 5.92 Å². The Morgan fingerprint density at radius 2 is 2.00 bits per heavy atom. The molecule has 0 saturated heterocycles. The largest absolute Gasteiger partial charge is 0.440 e. The summed E-state index contributed by atoms with van der Waals surface area (Å²) in [6.07, 6.45) is 0. The molecule has 3 N–H and O–H groups in total. The minimum atomic E-state index is -0.247. The fourth-order valence-electron chi connectivity index (χ4n) is 1.82. The highest BCUT2D eigenvalue weighted by Gasteiger charge is 2.21. The van der Waals surface area contributed by atoms with Crippen LogP contribution < -0.4 is 11.1 Å². The van der Waals surface area contributed by atoms with E-state index in [0.29, 0.717) is 11.6 Å². The van der Waals surface area contributed by atoms with E-state index in [9.17, 15) is 4.79 Å². The summed E-state index contributed by atoms with van der Waals surface area (Å²) in [6.45, 7) is 9.77. The van der Waals surface area contributed by atoms with Crippen LogP contribution in [0.15, 0.2) is 22.6 Å². The first-order valence-electron chi connectivity index (χ1n) is 7.16. The van der Waals surface area contributed by atoms with Crippen LogP contribution >= 0.6 is 0 Å². The molecule has 0 fully saturated rings. The van der Waals surface area contributed by atoms with Gasteiger partial charge in [-0.3, -0.25) is 4.79 Å². The second kappa shape index (κ2) is 5.48. The number of benzene rings is 1. The van der Waals surface area contributed by atoms with E-state index in [4.69, 9.17) is 10.2 Å². The number of fused-ring (bicyclic) bond motifs is 1. The number of aromatic nitrogens is 1. The van der Waals surface area contributed by atoms with E-state index in [2.05, 4.69) is 10.3 Å². The first-order chi connectivity index (χ1) is 9.68. The number of nitrogens with one attached hydrogen (secondary N) is 1. The Bertz CT molecular complexity index is 653. The Kier molecular flexibility index (Phi) is 4.05. The molecule has 0 aliphatic carbocycles. The van der Waals surface area contributed by atoms with E-state index in [1.807, 2.05) is 52.8 Å². The van der Waals surface area contributed by atoms with Crippen molar-refractivity contribution in [3.8, 4) is 0 Å². The molecule has 1 amide bonds. The fourth-order valence-corrected chi connectivity index (χ4v) is 1.82. The summed E-state index contributed by atoms with van der Waals surface area (Å²) in [7, 11) is 0. The summed E-state index contributed by atoms with van der Waals surface area (Å²) in [5.41, 5.74) is 7.76. The van der Waals surface area contributed by atoms with Crippen molar-refractivity contribution >= 4 is 22.7 Å². The van der Waals surface area contributed by atoms with Gasteiger partial charge < -0.3 is 15.5 Å². The zero-order valence-electron chi connectivity index (χ0n) is 13.2. The van der Waals surface area contributed by atoms with Crippen molar-refractivity contribution < 1.29 is 9.21 Å². The van der Waals surface area contributed by atoms with Gasteiger partial charge in [0, 0.05) is 17.1 Å². The van der Waals surface area contributed by atoms with Gasteiger partial charge in [0.1, 0.15) is 5.52 Å². The molecule has 0 radical (unpaired) electrons. The highest BCUT2D eigenvalue weighted by Crippen LogP contribution is 2.27. The Morgan fingerprint density at radius 1 is 1.33 bits per heavy atom. The number of oxazole rings is 1. The summed E-state index contributed by atoms with van der Waals surface area (Å²) in [5, 5.41) is 2.86. The van der Waals surface area contributed by atoms with E-state index in [1.54, 1.807) is 0 Å². The molecule has 0 aliphatic rings.